The average molecular weight is 216 g/mol. The van der Waals surface area contributed by atoms with Crippen molar-refractivity contribution in [3.63, 3.8) is 0 Å². The first-order valence-corrected chi connectivity index (χ1v) is 5.22. The number of fused-ring (bicyclic) bond motifs is 1. The lowest BCUT2D eigenvalue weighted by Crippen LogP contribution is -2.04. The number of hydrogen-bond donors (Lipinski definition) is 0. The molecule has 0 aliphatic heterocycles. The Kier molecular flexibility index (Phi) is 2.43. The maximum Gasteiger partial charge on any atom is 0.123 e. The molecule has 0 saturated heterocycles. The minimum absolute atomic E-state index is 0.235. The van der Waals surface area contributed by atoms with Gasteiger partial charge in [-0.1, -0.05) is 0 Å². The van der Waals surface area contributed by atoms with Gasteiger partial charge in [0.05, 0.1) is 6.07 Å². The highest BCUT2D eigenvalue weighted by molar-refractivity contribution is 5.85. The third-order valence-corrected chi connectivity index (χ3v) is 3.10. The lowest BCUT2D eigenvalue weighted by atomic mass is 10.1. The Morgan fingerprint density at radius 1 is 1.38 bits per heavy atom. The largest absolute Gasteiger partial charge is 0.328 e. The molecular weight excluding hydrogens is 203 g/mol. The molecule has 0 saturated carbocycles. The summed E-state index contributed by atoms with van der Waals surface area (Å²) in [6, 6.07) is 6.67. The molecule has 3 heteroatoms. The van der Waals surface area contributed by atoms with Crippen molar-refractivity contribution in [1.82, 2.24) is 4.57 Å². The van der Waals surface area contributed by atoms with Crippen molar-refractivity contribution in [2.24, 2.45) is 0 Å². The predicted molar refractivity (Wildman–Crippen MR) is 61.7 cm³/mol. The Labute approximate surface area is 93.9 Å². The van der Waals surface area contributed by atoms with Gasteiger partial charge in [0.2, 0.25) is 0 Å². The molecule has 0 fully saturated rings. The van der Waals surface area contributed by atoms with Gasteiger partial charge >= 0.3 is 0 Å². The highest BCUT2D eigenvalue weighted by atomic mass is 19.1. The summed E-state index contributed by atoms with van der Waals surface area (Å²) in [6.07, 6.45) is 0. The molecule has 2 aromatic rings. The Hall–Kier alpha value is -1.82. The summed E-state index contributed by atoms with van der Waals surface area (Å²) in [5.41, 5.74) is 2.98. The minimum Gasteiger partial charge on any atom is -0.328 e. The van der Waals surface area contributed by atoms with Crippen LogP contribution in [0.5, 0.6) is 0 Å². The first kappa shape index (κ1) is 10.7. The molecule has 1 atom stereocenters. The maximum atomic E-state index is 13.2. The van der Waals surface area contributed by atoms with Gasteiger partial charge in [-0.05, 0) is 44.5 Å². The van der Waals surface area contributed by atoms with Crippen LogP contribution >= 0.6 is 0 Å². The zero-order valence-corrected chi connectivity index (χ0v) is 9.58. The Balaban J connectivity index is 2.85. The van der Waals surface area contributed by atoms with Gasteiger partial charge in [-0.15, -0.1) is 0 Å². The lowest BCUT2D eigenvalue weighted by Gasteiger charge is -2.09. The van der Waals surface area contributed by atoms with Crippen molar-refractivity contribution in [3.05, 3.63) is 35.3 Å². The van der Waals surface area contributed by atoms with E-state index in [4.69, 9.17) is 5.26 Å². The molecule has 2 rings (SSSR count). The van der Waals surface area contributed by atoms with Gasteiger partial charge in [0, 0.05) is 16.6 Å². The number of aromatic nitrogens is 1. The lowest BCUT2D eigenvalue weighted by molar-refractivity contribution is 0.629. The van der Waals surface area contributed by atoms with E-state index in [9.17, 15) is 4.39 Å². The van der Waals surface area contributed by atoms with Crippen LogP contribution in [0.2, 0.25) is 0 Å². The molecule has 82 valence electrons. The first-order chi connectivity index (χ1) is 7.56. The smallest absolute Gasteiger partial charge is 0.123 e. The van der Waals surface area contributed by atoms with E-state index in [0.29, 0.717) is 0 Å². The summed E-state index contributed by atoms with van der Waals surface area (Å²) in [7, 11) is 0. The number of hydrogen-bond acceptors (Lipinski definition) is 1. The normalized spacial score (nSPS) is 12.7. The standard InChI is InChI=1S/C13H13FN2/c1-8(7-15)16-10(3)9(2)12-6-11(14)4-5-13(12)16/h4-6,8H,1-3H3. The molecule has 1 aromatic carbocycles. The third kappa shape index (κ3) is 1.38. The van der Waals surface area contributed by atoms with Crippen LogP contribution in [0.1, 0.15) is 24.2 Å². The second-order valence-corrected chi connectivity index (χ2v) is 4.05. The zero-order valence-electron chi connectivity index (χ0n) is 9.58. The Morgan fingerprint density at radius 2 is 2.06 bits per heavy atom. The van der Waals surface area contributed by atoms with Gasteiger partial charge in [0.1, 0.15) is 11.9 Å². The second kappa shape index (κ2) is 3.64. The van der Waals surface area contributed by atoms with Crippen LogP contribution in [0.4, 0.5) is 4.39 Å². The number of nitriles is 1. The van der Waals surface area contributed by atoms with E-state index >= 15 is 0 Å². The molecule has 1 aromatic heterocycles. The van der Waals surface area contributed by atoms with Crippen LogP contribution in [-0.2, 0) is 0 Å². The molecule has 0 aliphatic rings. The Bertz CT molecular complexity index is 590. The molecule has 16 heavy (non-hydrogen) atoms. The van der Waals surface area contributed by atoms with Crippen LogP contribution in [0.25, 0.3) is 10.9 Å². The average Bonchev–Trinajstić information content (AvgIpc) is 2.52. The fraction of sp³-hybridized carbons (Fsp3) is 0.308. The number of rotatable bonds is 1. The van der Waals surface area contributed by atoms with Gasteiger partial charge in [-0.3, -0.25) is 0 Å². The van der Waals surface area contributed by atoms with E-state index in [1.165, 1.54) is 12.1 Å². The summed E-state index contributed by atoms with van der Waals surface area (Å²) in [5, 5.41) is 9.88. The first-order valence-electron chi connectivity index (χ1n) is 5.22. The van der Waals surface area contributed by atoms with Crippen molar-refractivity contribution in [2.75, 3.05) is 0 Å². The predicted octanol–water partition coefficient (Wildman–Crippen LogP) is 3.48. The van der Waals surface area contributed by atoms with Crippen molar-refractivity contribution >= 4 is 10.9 Å². The van der Waals surface area contributed by atoms with Gasteiger partial charge in [-0.2, -0.15) is 5.26 Å². The van der Waals surface area contributed by atoms with Crippen molar-refractivity contribution < 1.29 is 4.39 Å². The minimum atomic E-state index is -0.239. The van der Waals surface area contributed by atoms with E-state index in [0.717, 1.165) is 22.2 Å². The highest BCUT2D eigenvalue weighted by Gasteiger charge is 2.15. The number of nitrogens with zero attached hydrogens (tertiary/aromatic N) is 2. The van der Waals surface area contributed by atoms with E-state index in [-0.39, 0.29) is 11.9 Å². The van der Waals surface area contributed by atoms with Crippen molar-refractivity contribution in [2.45, 2.75) is 26.8 Å². The molecule has 0 radical (unpaired) electrons. The molecule has 2 nitrogen and oxygen atoms in total. The third-order valence-electron chi connectivity index (χ3n) is 3.10. The molecule has 1 heterocycles. The fourth-order valence-corrected chi connectivity index (χ4v) is 2.13. The van der Waals surface area contributed by atoms with Gasteiger partial charge < -0.3 is 4.57 Å². The second-order valence-electron chi connectivity index (χ2n) is 4.05. The van der Waals surface area contributed by atoms with E-state index in [1.807, 2.05) is 25.3 Å². The van der Waals surface area contributed by atoms with E-state index < -0.39 is 0 Å². The van der Waals surface area contributed by atoms with Gasteiger partial charge in [0.15, 0.2) is 0 Å². The molecule has 0 bridgehead atoms. The summed E-state index contributed by atoms with van der Waals surface area (Å²) in [4.78, 5) is 0. The number of benzene rings is 1. The van der Waals surface area contributed by atoms with Crippen LogP contribution in [0.15, 0.2) is 18.2 Å². The van der Waals surface area contributed by atoms with E-state index in [1.54, 1.807) is 6.07 Å². The quantitative estimate of drug-likeness (QED) is 0.717. The van der Waals surface area contributed by atoms with Crippen molar-refractivity contribution in [3.8, 4) is 6.07 Å². The highest BCUT2D eigenvalue weighted by Crippen LogP contribution is 2.28. The van der Waals surface area contributed by atoms with E-state index in [2.05, 4.69) is 6.07 Å². The van der Waals surface area contributed by atoms with Crippen LogP contribution in [0.3, 0.4) is 0 Å². The molecule has 0 amide bonds. The summed E-state index contributed by atoms with van der Waals surface area (Å²) >= 11 is 0. The molecular formula is C13H13FN2. The molecule has 0 spiro atoms. The van der Waals surface area contributed by atoms with Crippen LogP contribution in [0, 0.1) is 31.0 Å². The number of aryl methyl sites for hydroxylation is 1. The monoisotopic (exact) mass is 216 g/mol. The summed E-state index contributed by atoms with van der Waals surface area (Å²) in [5.74, 6) is -0.239. The summed E-state index contributed by atoms with van der Waals surface area (Å²) in [6.45, 7) is 5.76. The zero-order chi connectivity index (χ0) is 11.9. The summed E-state index contributed by atoms with van der Waals surface area (Å²) < 4.78 is 15.1. The molecule has 1 unspecified atom stereocenters. The topological polar surface area (TPSA) is 28.7 Å². The maximum absolute atomic E-state index is 13.2. The molecule has 0 N–H and O–H groups in total. The van der Waals surface area contributed by atoms with Crippen LogP contribution < -0.4 is 0 Å². The SMILES string of the molecule is Cc1c(C)n(C(C)C#N)c2ccc(F)cc12. The number of halogens is 1. The van der Waals surface area contributed by atoms with Crippen molar-refractivity contribution in [1.29, 1.82) is 5.26 Å². The van der Waals surface area contributed by atoms with Gasteiger partial charge in [-0.25, -0.2) is 4.39 Å². The van der Waals surface area contributed by atoms with Crippen LogP contribution in [-0.4, -0.2) is 4.57 Å². The fourth-order valence-electron chi connectivity index (χ4n) is 2.13. The van der Waals surface area contributed by atoms with Gasteiger partial charge in [0.25, 0.3) is 0 Å². The molecule has 0 aliphatic carbocycles. The Morgan fingerprint density at radius 3 is 2.69 bits per heavy atom.